The van der Waals surface area contributed by atoms with Crippen molar-refractivity contribution < 1.29 is 4.79 Å². The Balaban J connectivity index is 2.10. The quantitative estimate of drug-likeness (QED) is 0.916. The van der Waals surface area contributed by atoms with Gasteiger partial charge in [-0.15, -0.1) is 0 Å². The van der Waals surface area contributed by atoms with Crippen molar-refractivity contribution in [2.24, 2.45) is 5.92 Å². The number of carbonyl (C=O) groups is 1. The molecule has 0 aromatic carbocycles. The molecule has 1 aliphatic rings. The number of hydrogen-bond acceptors (Lipinski definition) is 3. The molecular weight excluding hydrogens is 250 g/mol. The fourth-order valence-corrected chi connectivity index (χ4v) is 2.63. The number of likely N-dealkylation sites (tertiary alicyclic amines) is 1. The number of nitrogens with zero attached hydrogens (tertiary/aromatic N) is 2. The number of halogens is 1. The van der Waals surface area contributed by atoms with Crippen LogP contribution in [0.1, 0.15) is 36.5 Å². The monoisotopic (exact) mass is 267 g/mol. The molecule has 1 aromatic rings. The van der Waals surface area contributed by atoms with Gasteiger partial charge >= 0.3 is 0 Å². The largest absolute Gasteiger partial charge is 0.384 e. The zero-order valence-corrected chi connectivity index (χ0v) is 11.3. The summed E-state index contributed by atoms with van der Waals surface area (Å²) in [6.07, 6.45) is 4.85. The molecule has 0 saturated carbocycles. The second-order valence-corrected chi connectivity index (χ2v) is 5.19. The molecule has 1 amide bonds. The van der Waals surface area contributed by atoms with Crippen molar-refractivity contribution in [3.05, 3.63) is 22.8 Å². The maximum Gasteiger partial charge on any atom is 0.255 e. The molecule has 1 aliphatic heterocycles. The van der Waals surface area contributed by atoms with Crippen LogP contribution in [0.2, 0.25) is 5.02 Å². The number of pyridine rings is 1. The Bertz CT molecular complexity index is 450. The molecule has 1 unspecified atom stereocenters. The first kappa shape index (κ1) is 13.1. The van der Waals surface area contributed by atoms with E-state index in [4.69, 9.17) is 17.3 Å². The van der Waals surface area contributed by atoms with E-state index in [9.17, 15) is 4.79 Å². The lowest BCUT2D eigenvalue weighted by Gasteiger charge is -2.17. The lowest BCUT2D eigenvalue weighted by molar-refractivity contribution is 0.0786. The van der Waals surface area contributed by atoms with Crippen molar-refractivity contribution in [2.45, 2.75) is 26.2 Å². The molecule has 1 aromatic heterocycles. The smallest absolute Gasteiger partial charge is 0.255 e. The third-order valence-corrected chi connectivity index (χ3v) is 3.68. The van der Waals surface area contributed by atoms with E-state index >= 15 is 0 Å². The molecule has 1 saturated heterocycles. The Labute approximate surface area is 112 Å². The minimum Gasteiger partial charge on any atom is -0.384 e. The van der Waals surface area contributed by atoms with Crippen molar-refractivity contribution in [3.8, 4) is 0 Å². The highest BCUT2D eigenvalue weighted by atomic mass is 35.5. The molecule has 1 fully saturated rings. The first-order valence-electron chi connectivity index (χ1n) is 6.32. The van der Waals surface area contributed by atoms with Gasteiger partial charge in [0.25, 0.3) is 5.91 Å². The molecule has 0 bridgehead atoms. The van der Waals surface area contributed by atoms with Crippen LogP contribution in [-0.2, 0) is 0 Å². The van der Waals surface area contributed by atoms with Gasteiger partial charge in [-0.2, -0.15) is 0 Å². The SMILES string of the molecule is CCCC1CCN(C(=O)c2cc(N)ncc2Cl)C1. The fourth-order valence-electron chi connectivity index (χ4n) is 2.45. The summed E-state index contributed by atoms with van der Waals surface area (Å²) in [6, 6.07) is 1.55. The molecule has 0 spiro atoms. The van der Waals surface area contributed by atoms with E-state index in [-0.39, 0.29) is 5.91 Å². The lowest BCUT2D eigenvalue weighted by Crippen LogP contribution is -2.29. The van der Waals surface area contributed by atoms with Crippen LogP contribution in [0.3, 0.4) is 0 Å². The second-order valence-electron chi connectivity index (χ2n) is 4.78. The summed E-state index contributed by atoms with van der Waals surface area (Å²) in [5.74, 6) is 0.914. The summed E-state index contributed by atoms with van der Waals surface area (Å²) in [7, 11) is 0. The van der Waals surface area contributed by atoms with Gasteiger partial charge in [-0.1, -0.05) is 24.9 Å². The van der Waals surface area contributed by atoms with E-state index in [1.165, 1.54) is 12.6 Å². The highest BCUT2D eigenvalue weighted by Gasteiger charge is 2.27. The van der Waals surface area contributed by atoms with Gasteiger partial charge in [-0.05, 0) is 24.8 Å². The number of amides is 1. The molecule has 2 heterocycles. The Morgan fingerprint density at radius 2 is 2.44 bits per heavy atom. The van der Waals surface area contributed by atoms with Crippen LogP contribution in [0.4, 0.5) is 5.82 Å². The lowest BCUT2D eigenvalue weighted by atomic mass is 10.0. The zero-order chi connectivity index (χ0) is 13.1. The van der Waals surface area contributed by atoms with Crippen molar-refractivity contribution in [1.29, 1.82) is 0 Å². The fraction of sp³-hybridized carbons (Fsp3) is 0.538. The van der Waals surface area contributed by atoms with Gasteiger partial charge in [0.05, 0.1) is 10.6 Å². The molecule has 4 nitrogen and oxygen atoms in total. The second kappa shape index (κ2) is 5.57. The number of carbonyl (C=O) groups excluding carboxylic acids is 1. The average Bonchev–Trinajstić information content (AvgIpc) is 2.80. The van der Waals surface area contributed by atoms with E-state index < -0.39 is 0 Å². The summed E-state index contributed by atoms with van der Waals surface area (Å²) in [6.45, 7) is 3.80. The normalized spacial score (nSPS) is 19.2. The number of nitrogens with two attached hydrogens (primary N) is 1. The van der Waals surface area contributed by atoms with Crippen molar-refractivity contribution >= 4 is 23.3 Å². The molecule has 2 N–H and O–H groups in total. The van der Waals surface area contributed by atoms with Crippen LogP contribution in [0.5, 0.6) is 0 Å². The van der Waals surface area contributed by atoms with E-state index in [1.807, 2.05) is 4.90 Å². The van der Waals surface area contributed by atoms with Crippen molar-refractivity contribution in [1.82, 2.24) is 9.88 Å². The van der Waals surface area contributed by atoms with Gasteiger partial charge < -0.3 is 10.6 Å². The molecule has 1 atom stereocenters. The van der Waals surface area contributed by atoms with Crippen LogP contribution >= 0.6 is 11.6 Å². The Morgan fingerprint density at radius 1 is 1.67 bits per heavy atom. The predicted octanol–water partition coefficient (Wildman–Crippen LogP) is 2.58. The molecule has 0 aliphatic carbocycles. The standard InChI is InChI=1S/C13H18ClN3O/c1-2-3-9-4-5-17(8-9)13(18)10-6-12(15)16-7-11(10)14/h6-7,9H,2-5,8H2,1H3,(H2,15,16). The molecule has 0 radical (unpaired) electrons. The van der Waals surface area contributed by atoms with Gasteiger partial charge in [0.15, 0.2) is 0 Å². The number of rotatable bonds is 3. The summed E-state index contributed by atoms with van der Waals surface area (Å²) < 4.78 is 0. The van der Waals surface area contributed by atoms with Crippen molar-refractivity contribution in [2.75, 3.05) is 18.8 Å². The minimum atomic E-state index is -0.0345. The van der Waals surface area contributed by atoms with Crippen LogP contribution in [-0.4, -0.2) is 28.9 Å². The zero-order valence-electron chi connectivity index (χ0n) is 10.5. The summed E-state index contributed by atoms with van der Waals surface area (Å²) in [5, 5.41) is 0.369. The summed E-state index contributed by atoms with van der Waals surface area (Å²) in [4.78, 5) is 18.1. The average molecular weight is 268 g/mol. The number of nitrogen functional groups attached to an aromatic ring is 1. The predicted molar refractivity (Wildman–Crippen MR) is 72.6 cm³/mol. The third-order valence-electron chi connectivity index (χ3n) is 3.38. The van der Waals surface area contributed by atoms with Gasteiger partial charge in [-0.3, -0.25) is 4.79 Å². The van der Waals surface area contributed by atoms with Crippen molar-refractivity contribution in [3.63, 3.8) is 0 Å². The van der Waals surface area contributed by atoms with Gasteiger partial charge in [0.2, 0.25) is 0 Å². The summed E-state index contributed by atoms with van der Waals surface area (Å²) >= 11 is 6.00. The Morgan fingerprint density at radius 3 is 3.17 bits per heavy atom. The first-order chi connectivity index (χ1) is 8.61. The summed E-state index contributed by atoms with van der Waals surface area (Å²) in [5.41, 5.74) is 6.06. The molecule has 5 heteroatoms. The highest BCUT2D eigenvalue weighted by Crippen LogP contribution is 2.25. The number of aromatic nitrogens is 1. The maximum atomic E-state index is 12.3. The molecule has 18 heavy (non-hydrogen) atoms. The van der Waals surface area contributed by atoms with Crippen LogP contribution in [0, 0.1) is 5.92 Å². The maximum absolute atomic E-state index is 12.3. The van der Waals surface area contributed by atoms with E-state index in [0.29, 0.717) is 22.3 Å². The van der Waals surface area contributed by atoms with Gasteiger partial charge in [0.1, 0.15) is 5.82 Å². The van der Waals surface area contributed by atoms with Gasteiger partial charge in [0, 0.05) is 19.3 Å². The first-order valence-corrected chi connectivity index (χ1v) is 6.70. The topological polar surface area (TPSA) is 59.2 Å². The number of anilines is 1. The van der Waals surface area contributed by atoms with E-state index in [0.717, 1.165) is 25.9 Å². The highest BCUT2D eigenvalue weighted by molar-refractivity contribution is 6.33. The van der Waals surface area contributed by atoms with Crippen LogP contribution < -0.4 is 5.73 Å². The number of hydrogen-bond donors (Lipinski definition) is 1. The molecule has 2 rings (SSSR count). The minimum absolute atomic E-state index is 0.0345. The Hall–Kier alpha value is -1.29. The van der Waals surface area contributed by atoms with E-state index in [1.54, 1.807) is 6.07 Å². The molecular formula is C13H18ClN3O. The van der Waals surface area contributed by atoms with Crippen LogP contribution in [0.25, 0.3) is 0 Å². The molecule has 98 valence electrons. The van der Waals surface area contributed by atoms with Crippen LogP contribution in [0.15, 0.2) is 12.3 Å². The van der Waals surface area contributed by atoms with E-state index in [2.05, 4.69) is 11.9 Å². The third kappa shape index (κ3) is 2.75. The van der Waals surface area contributed by atoms with Gasteiger partial charge in [-0.25, -0.2) is 4.98 Å². The Kier molecular flexibility index (Phi) is 4.07.